The van der Waals surface area contributed by atoms with Crippen LogP contribution in [0, 0.1) is 0 Å². The van der Waals surface area contributed by atoms with Crippen LogP contribution in [0.5, 0.6) is 11.5 Å². The molecule has 1 N–H and O–H groups in total. The Morgan fingerprint density at radius 2 is 1.47 bits per heavy atom. The number of ether oxygens (including phenoxy) is 1. The van der Waals surface area contributed by atoms with Gasteiger partial charge in [0.1, 0.15) is 17.2 Å². The van der Waals surface area contributed by atoms with Crippen molar-refractivity contribution in [3.05, 3.63) is 103 Å². The summed E-state index contributed by atoms with van der Waals surface area (Å²) in [4.78, 5) is 22.9. The van der Waals surface area contributed by atoms with Gasteiger partial charge in [0.2, 0.25) is 5.95 Å². The molecule has 3 aromatic carbocycles. The van der Waals surface area contributed by atoms with Crippen molar-refractivity contribution in [2.24, 2.45) is 0 Å². The maximum atomic E-state index is 12.8. The molecule has 0 aliphatic carbocycles. The Kier molecular flexibility index (Phi) is 5.66. The van der Waals surface area contributed by atoms with Crippen LogP contribution < -0.4 is 15.0 Å². The zero-order chi connectivity index (χ0) is 20.8. The first kappa shape index (κ1) is 19.1. The maximum Gasteiger partial charge on any atom is 0.276 e. The number of para-hydroxylation sites is 2. The molecular weight excluding hydrogens is 376 g/mol. The lowest BCUT2D eigenvalue weighted by molar-refractivity contribution is 0.0988. The highest BCUT2D eigenvalue weighted by molar-refractivity contribution is 6.04. The predicted octanol–water partition coefficient (Wildman–Crippen LogP) is 5.29. The maximum absolute atomic E-state index is 12.8. The van der Waals surface area contributed by atoms with Crippen LogP contribution in [0.25, 0.3) is 0 Å². The summed E-state index contributed by atoms with van der Waals surface area (Å²) in [5.41, 5.74) is 1.89. The van der Waals surface area contributed by atoms with Gasteiger partial charge in [0.05, 0.1) is 0 Å². The average Bonchev–Trinajstić information content (AvgIpc) is 2.81. The molecule has 0 saturated heterocycles. The fourth-order valence-corrected chi connectivity index (χ4v) is 2.84. The van der Waals surface area contributed by atoms with E-state index < -0.39 is 0 Å². The summed E-state index contributed by atoms with van der Waals surface area (Å²) in [6, 6.07) is 28.1. The second-order valence-corrected chi connectivity index (χ2v) is 6.53. The first-order valence-electron chi connectivity index (χ1n) is 9.45. The molecule has 0 bridgehead atoms. The smallest absolute Gasteiger partial charge is 0.276 e. The fraction of sp³-hybridized carbons (Fsp3) is 0.0417. The van der Waals surface area contributed by atoms with E-state index in [9.17, 15) is 4.79 Å². The van der Waals surface area contributed by atoms with E-state index in [1.807, 2.05) is 84.9 Å². The number of amides is 1. The topological polar surface area (TPSA) is 67.4 Å². The molecule has 0 spiro atoms. The lowest BCUT2D eigenvalue weighted by atomic mass is 10.2. The van der Waals surface area contributed by atoms with E-state index in [2.05, 4.69) is 15.3 Å². The monoisotopic (exact) mass is 396 g/mol. The van der Waals surface area contributed by atoms with Gasteiger partial charge in [-0.25, -0.2) is 9.97 Å². The third kappa shape index (κ3) is 4.62. The number of carbonyl (C=O) groups is 1. The molecule has 0 unspecified atom stereocenters. The predicted molar refractivity (Wildman–Crippen MR) is 117 cm³/mol. The molecule has 0 fully saturated rings. The molecule has 0 radical (unpaired) electrons. The zero-order valence-electron chi connectivity index (χ0n) is 16.4. The molecule has 1 amide bonds. The lowest BCUT2D eigenvalue weighted by Crippen LogP contribution is -2.27. The number of carbonyl (C=O) groups excluding carboxylic acids is 1. The number of anilines is 3. The Balaban J connectivity index is 1.44. The van der Waals surface area contributed by atoms with Gasteiger partial charge in [0.15, 0.2) is 0 Å². The summed E-state index contributed by atoms with van der Waals surface area (Å²) in [7, 11) is 1.72. The van der Waals surface area contributed by atoms with Crippen molar-refractivity contribution in [1.82, 2.24) is 9.97 Å². The number of nitrogens with one attached hydrogen (secondary N) is 1. The van der Waals surface area contributed by atoms with Gasteiger partial charge in [-0.3, -0.25) is 4.79 Å². The van der Waals surface area contributed by atoms with E-state index in [1.54, 1.807) is 24.2 Å². The summed E-state index contributed by atoms with van der Waals surface area (Å²) < 4.78 is 5.79. The van der Waals surface area contributed by atoms with Crippen molar-refractivity contribution >= 4 is 23.2 Å². The molecule has 0 aliphatic rings. The van der Waals surface area contributed by atoms with Crippen LogP contribution in [-0.4, -0.2) is 22.9 Å². The number of hydrogen-bond donors (Lipinski definition) is 1. The molecule has 4 aromatic rings. The second kappa shape index (κ2) is 8.87. The van der Waals surface area contributed by atoms with Gasteiger partial charge in [-0.05, 0) is 54.6 Å². The number of benzene rings is 3. The van der Waals surface area contributed by atoms with Gasteiger partial charge in [0.25, 0.3) is 5.91 Å². The van der Waals surface area contributed by atoms with Crippen molar-refractivity contribution < 1.29 is 9.53 Å². The first-order valence-corrected chi connectivity index (χ1v) is 9.45. The van der Waals surface area contributed by atoms with E-state index in [0.717, 1.165) is 22.9 Å². The minimum atomic E-state index is -0.210. The Morgan fingerprint density at radius 1 is 0.833 bits per heavy atom. The van der Waals surface area contributed by atoms with Crippen molar-refractivity contribution in [3.8, 4) is 11.5 Å². The first-order chi connectivity index (χ1) is 14.7. The Hall–Kier alpha value is -4.19. The molecule has 6 nitrogen and oxygen atoms in total. The quantitative estimate of drug-likeness (QED) is 0.480. The van der Waals surface area contributed by atoms with Gasteiger partial charge < -0.3 is 15.0 Å². The molecule has 6 heteroatoms. The Labute approximate surface area is 174 Å². The Bertz CT molecular complexity index is 1120. The number of rotatable bonds is 6. The molecule has 148 valence electrons. The summed E-state index contributed by atoms with van der Waals surface area (Å²) in [5, 5.41) is 3.12. The Morgan fingerprint density at radius 3 is 2.17 bits per heavy atom. The largest absolute Gasteiger partial charge is 0.457 e. The summed E-state index contributed by atoms with van der Waals surface area (Å²) >= 11 is 0. The molecule has 4 rings (SSSR count). The van der Waals surface area contributed by atoms with Crippen molar-refractivity contribution in [3.63, 3.8) is 0 Å². The van der Waals surface area contributed by atoms with E-state index in [4.69, 9.17) is 4.74 Å². The number of hydrogen-bond acceptors (Lipinski definition) is 5. The molecular formula is C24H20N4O2. The highest BCUT2D eigenvalue weighted by Gasteiger charge is 2.15. The zero-order valence-corrected chi connectivity index (χ0v) is 16.4. The number of nitrogens with zero attached hydrogens (tertiary/aromatic N) is 3. The fourth-order valence-electron chi connectivity index (χ4n) is 2.84. The summed E-state index contributed by atoms with van der Waals surface area (Å²) in [5.74, 6) is 1.63. The minimum absolute atomic E-state index is 0.210. The van der Waals surface area contributed by atoms with Crippen LogP contribution in [0.1, 0.15) is 10.5 Å². The van der Waals surface area contributed by atoms with E-state index in [0.29, 0.717) is 11.6 Å². The molecule has 1 heterocycles. The molecule has 0 atom stereocenters. The lowest BCUT2D eigenvalue weighted by Gasteiger charge is -2.17. The van der Waals surface area contributed by atoms with E-state index in [-0.39, 0.29) is 5.91 Å². The van der Waals surface area contributed by atoms with Gasteiger partial charge in [-0.15, -0.1) is 0 Å². The van der Waals surface area contributed by atoms with Crippen LogP contribution in [0.2, 0.25) is 0 Å². The van der Waals surface area contributed by atoms with Crippen LogP contribution in [-0.2, 0) is 0 Å². The van der Waals surface area contributed by atoms with Gasteiger partial charge in [-0.2, -0.15) is 0 Å². The SMILES string of the molecule is CN(C(=O)c1ccnc(Nc2ccc(Oc3ccccc3)cc2)n1)c1ccccc1. The second-order valence-electron chi connectivity index (χ2n) is 6.53. The normalized spacial score (nSPS) is 10.3. The summed E-state index contributed by atoms with van der Waals surface area (Å²) in [6.07, 6.45) is 1.56. The minimum Gasteiger partial charge on any atom is -0.457 e. The van der Waals surface area contributed by atoms with Crippen LogP contribution in [0.15, 0.2) is 97.2 Å². The molecule has 0 aliphatic heterocycles. The average molecular weight is 396 g/mol. The highest BCUT2D eigenvalue weighted by Crippen LogP contribution is 2.23. The molecule has 30 heavy (non-hydrogen) atoms. The van der Waals surface area contributed by atoms with Gasteiger partial charge >= 0.3 is 0 Å². The van der Waals surface area contributed by atoms with Crippen molar-refractivity contribution in [2.45, 2.75) is 0 Å². The highest BCUT2D eigenvalue weighted by atomic mass is 16.5. The van der Waals surface area contributed by atoms with Crippen LogP contribution >= 0.6 is 0 Å². The van der Waals surface area contributed by atoms with Crippen molar-refractivity contribution in [1.29, 1.82) is 0 Å². The van der Waals surface area contributed by atoms with E-state index >= 15 is 0 Å². The standard InChI is InChI=1S/C24H20N4O2/c1-28(19-8-4-2-5-9-19)23(29)22-16-17-25-24(27-22)26-18-12-14-21(15-13-18)30-20-10-6-3-7-11-20/h2-17H,1H3,(H,25,26,27). The van der Waals surface area contributed by atoms with Crippen molar-refractivity contribution in [2.75, 3.05) is 17.3 Å². The van der Waals surface area contributed by atoms with Crippen LogP contribution in [0.4, 0.5) is 17.3 Å². The third-order valence-corrected chi connectivity index (χ3v) is 4.41. The van der Waals surface area contributed by atoms with Crippen LogP contribution in [0.3, 0.4) is 0 Å². The molecule has 1 aromatic heterocycles. The third-order valence-electron chi connectivity index (χ3n) is 4.41. The van der Waals surface area contributed by atoms with E-state index in [1.165, 1.54) is 0 Å². The van der Waals surface area contributed by atoms with Gasteiger partial charge in [0, 0.05) is 24.6 Å². The summed E-state index contributed by atoms with van der Waals surface area (Å²) in [6.45, 7) is 0. The molecule has 0 saturated carbocycles. The van der Waals surface area contributed by atoms with Gasteiger partial charge in [-0.1, -0.05) is 36.4 Å². The number of aromatic nitrogens is 2.